The standard InChI is InChI=1S/C27H33F4N5O3/c1-17-2-4-22-24(17)25(34-16-33-22)35-8-10-36(11-9-35)26(37)20(15-32-19-6-12-38-13-7-19)18-3-5-23(21(28)14-18)39-27(29,30)31/h3,5,14,16-17,19-20,32H,2,4,6-13,15H2,1H3. The maximum atomic E-state index is 14.6. The topological polar surface area (TPSA) is 79.8 Å². The molecule has 2 aromatic rings. The van der Waals surface area contributed by atoms with Crippen molar-refractivity contribution < 1.29 is 31.8 Å². The number of rotatable bonds is 7. The van der Waals surface area contributed by atoms with Gasteiger partial charge in [-0.3, -0.25) is 4.79 Å². The normalized spacial score (nSPS) is 21.1. The fraction of sp³-hybridized carbons (Fsp3) is 0.593. The first-order valence-corrected chi connectivity index (χ1v) is 13.4. The third-order valence-corrected chi connectivity index (χ3v) is 7.86. The number of piperazine rings is 1. The van der Waals surface area contributed by atoms with Crippen molar-refractivity contribution in [2.75, 3.05) is 50.8 Å². The number of carbonyl (C=O) groups excluding carboxylic acids is 1. The molecular formula is C27H33F4N5O3. The molecule has 5 rings (SSSR count). The lowest BCUT2D eigenvalue weighted by Gasteiger charge is -2.38. The molecule has 3 aliphatic rings. The summed E-state index contributed by atoms with van der Waals surface area (Å²) < 4.78 is 61.7. The smallest absolute Gasteiger partial charge is 0.403 e. The Morgan fingerprint density at radius 3 is 2.59 bits per heavy atom. The number of amides is 1. The van der Waals surface area contributed by atoms with Crippen LogP contribution in [0.15, 0.2) is 24.5 Å². The number of fused-ring (bicyclic) bond motifs is 1. The number of nitrogens with one attached hydrogen (secondary N) is 1. The molecule has 1 N–H and O–H groups in total. The van der Waals surface area contributed by atoms with E-state index >= 15 is 0 Å². The monoisotopic (exact) mass is 551 g/mol. The lowest BCUT2D eigenvalue weighted by molar-refractivity contribution is -0.275. The van der Waals surface area contributed by atoms with Crippen molar-refractivity contribution in [3.63, 3.8) is 0 Å². The van der Waals surface area contributed by atoms with E-state index in [2.05, 4.69) is 31.8 Å². The summed E-state index contributed by atoms with van der Waals surface area (Å²) in [6.45, 7) is 5.74. The predicted molar refractivity (Wildman–Crippen MR) is 135 cm³/mol. The minimum atomic E-state index is -5.01. The number of nitrogens with zero attached hydrogens (tertiary/aromatic N) is 4. The van der Waals surface area contributed by atoms with Crippen LogP contribution < -0.4 is 15.0 Å². The second kappa shape index (κ2) is 11.6. The zero-order valence-electron chi connectivity index (χ0n) is 21.8. The van der Waals surface area contributed by atoms with Crippen molar-refractivity contribution in [2.45, 2.75) is 56.8 Å². The molecule has 1 amide bonds. The first-order chi connectivity index (χ1) is 18.7. The number of aromatic nitrogens is 2. The number of carbonyl (C=O) groups is 1. The van der Waals surface area contributed by atoms with Gasteiger partial charge in [0.2, 0.25) is 5.91 Å². The van der Waals surface area contributed by atoms with E-state index in [1.165, 1.54) is 11.6 Å². The second-order valence-electron chi connectivity index (χ2n) is 10.4. The lowest BCUT2D eigenvalue weighted by Crippen LogP contribution is -2.52. The summed E-state index contributed by atoms with van der Waals surface area (Å²) >= 11 is 0. The molecule has 0 bridgehead atoms. The van der Waals surface area contributed by atoms with Crippen molar-refractivity contribution >= 4 is 11.7 Å². The molecule has 8 nitrogen and oxygen atoms in total. The van der Waals surface area contributed by atoms with Gasteiger partial charge in [-0.1, -0.05) is 13.0 Å². The quantitative estimate of drug-likeness (QED) is 0.525. The van der Waals surface area contributed by atoms with E-state index in [4.69, 9.17) is 4.74 Å². The van der Waals surface area contributed by atoms with Gasteiger partial charge in [0.1, 0.15) is 12.1 Å². The van der Waals surface area contributed by atoms with Crippen molar-refractivity contribution in [3.05, 3.63) is 47.2 Å². The van der Waals surface area contributed by atoms with Crippen LogP contribution in [0.3, 0.4) is 0 Å². The van der Waals surface area contributed by atoms with Crippen LogP contribution in [0.4, 0.5) is 23.4 Å². The molecule has 2 unspecified atom stereocenters. The van der Waals surface area contributed by atoms with Crippen molar-refractivity contribution in [3.8, 4) is 5.75 Å². The average molecular weight is 552 g/mol. The Morgan fingerprint density at radius 1 is 1.15 bits per heavy atom. The molecule has 2 aliphatic heterocycles. The van der Waals surface area contributed by atoms with Gasteiger partial charge in [0.15, 0.2) is 11.6 Å². The molecule has 0 saturated carbocycles. The first kappa shape index (κ1) is 27.6. The van der Waals surface area contributed by atoms with Gasteiger partial charge in [-0.25, -0.2) is 14.4 Å². The van der Waals surface area contributed by atoms with Crippen LogP contribution >= 0.6 is 0 Å². The Kier molecular flexibility index (Phi) is 8.22. The molecule has 39 heavy (non-hydrogen) atoms. The Bertz CT molecular complexity index is 1170. The average Bonchev–Trinajstić information content (AvgIpc) is 3.31. The molecule has 1 aliphatic carbocycles. The van der Waals surface area contributed by atoms with Crippen LogP contribution in [-0.2, 0) is 16.0 Å². The number of hydrogen-bond donors (Lipinski definition) is 1. The maximum absolute atomic E-state index is 14.6. The highest BCUT2D eigenvalue weighted by atomic mass is 19.4. The molecule has 2 fully saturated rings. The third kappa shape index (κ3) is 6.43. The highest BCUT2D eigenvalue weighted by Crippen LogP contribution is 2.37. The molecular weight excluding hydrogens is 518 g/mol. The van der Waals surface area contributed by atoms with E-state index in [9.17, 15) is 22.4 Å². The molecule has 1 aromatic heterocycles. The van der Waals surface area contributed by atoms with Crippen LogP contribution in [0, 0.1) is 5.82 Å². The first-order valence-electron chi connectivity index (χ1n) is 13.4. The molecule has 3 heterocycles. The number of hydrogen-bond acceptors (Lipinski definition) is 7. The summed E-state index contributed by atoms with van der Waals surface area (Å²) in [6, 6.07) is 3.38. The van der Waals surface area contributed by atoms with Crippen LogP contribution in [0.2, 0.25) is 0 Å². The number of anilines is 1. The fourth-order valence-electron chi connectivity index (χ4n) is 5.71. The van der Waals surface area contributed by atoms with E-state index in [-0.39, 0.29) is 18.5 Å². The molecule has 212 valence electrons. The minimum Gasteiger partial charge on any atom is -0.403 e. The number of aryl methyl sites for hydroxylation is 1. The second-order valence-corrected chi connectivity index (χ2v) is 10.4. The minimum absolute atomic E-state index is 0.144. The van der Waals surface area contributed by atoms with E-state index in [0.717, 1.165) is 49.3 Å². The van der Waals surface area contributed by atoms with Crippen LogP contribution in [0.5, 0.6) is 5.75 Å². The van der Waals surface area contributed by atoms with Gasteiger partial charge in [-0.2, -0.15) is 0 Å². The van der Waals surface area contributed by atoms with Gasteiger partial charge >= 0.3 is 6.36 Å². The molecule has 1 aromatic carbocycles. The zero-order chi connectivity index (χ0) is 27.6. The zero-order valence-corrected chi connectivity index (χ0v) is 21.8. The van der Waals surface area contributed by atoms with E-state index in [1.54, 1.807) is 11.2 Å². The Hall–Kier alpha value is -2.99. The van der Waals surface area contributed by atoms with Crippen LogP contribution in [0.25, 0.3) is 0 Å². The van der Waals surface area contributed by atoms with E-state index < -0.39 is 23.8 Å². The van der Waals surface area contributed by atoms with Gasteiger partial charge in [0, 0.05) is 63.2 Å². The lowest BCUT2D eigenvalue weighted by atomic mass is 9.95. The number of ether oxygens (including phenoxy) is 2. The van der Waals surface area contributed by atoms with Crippen LogP contribution in [0.1, 0.15) is 54.8 Å². The van der Waals surface area contributed by atoms with Gasteiger partial charge in [0.05, 0.1) is 5.92 Å². The molecule has 12 heteroatoms. The Balaban J connectivity index is 1.30. The molecule has 2 saturated heterocycles. The summed E-state index contributed by atoms with van der Waals surface area (Å²) in [5.41, 5.74) is 2.58. The molecule has 2 atom stereocenters. The van der Waals surface area contributed by atoms with Gasteiger partial charge in [0.25, 0.3) is 0 Å². The van der Waals surface area contributed by atoms with Gasteiger partial charge < -0.3 is 24.6 Å². The van der Waals surface area contributed by atoms with Crippen molar-refractivity contribution in [2.24, 2.45) is 0 Å². The maximum Gasteiger partial charge on any atom is 0.573 e. The Morgan fingerprint density at radius 2 is 1.90 bits per heavy atom. The van der Waals surface area contributed by atoms with E-state index in [0.29, 0.717) is 50.9 Å². The highest BCUT2D eigenvalue weighted by molar-refractivity contribution is 5.84. The van der Waals surface area contributed by atoms with Crippen molar-refractivity contribution in [1.82, 2.24) is 20.2 Å². The largest absolute Gasteiger partial charge is 0.573 e. The van der Waals surface area contributed by atoms with Crippen LogP contribution in [-0.4, -0.2) is 79.1 Å². The summed E-state index contributed by atoms with van der Waals surface area (Å²) in [7, 11) is 0. The summed E-state index contributed by atoms with van der Waals surface area (Å²) in [6.07, 6.45) is 0.147. The predicted octanol–water partition coefficient (Wildman–Crippen LogP) is 3.77. The molecule has 0 radical (unpaired) electrons. The fourth-order valence-corrected chi connectivity index (χ4v) is 5.71. The summed E-state index contributed by atoms with van der Waals surface area (Å²) in [5, 5.41) is 3.39. The SMILES string of the molecule is CC1CCc2ncnc(N3CCN(C(=O)C(CNC4CCOCC4)c4ccc(OC(F)(F)F)c(F)c4)CC3)c21. The summed E-state index contributed by atoms with van der Waals surface area (Å²) in [5.74, 6) is -1.73. The number of alkyl halides is 3. The van der Waals surface area contributed by atoms with Gasteiger partial charge in [-0.15, -0.1) is 13.2 Å². The van der Waals surface area contributed by atoms with Crippen molar-refractivity contribution in [1.29, 1.82) is 0 Å². The Labute approximate surface area is 224 Å². The summed E-state index contributed by atoms with van der Waals surface area (Å²) in [4.78, 5) is 26.7. The number of benzene rings is 1. The van der Waals surface area contributed by atoms with E-state index in [1.807, 2.05) is 0 Å². The highest BCUT2D eigenvalue weighted by Gasteiger charge is 2.35. The third-order valence-electron chi connectivity index (χ3n) is 7.86. The number of halogens is 4. The molecule has 0 spiro atoms. The van der Waals surface area contributed by atoms with Gasteiger partial charge in [-0.05, 0) is 49.3 Å².